The average Bonchev–Trinajstić information content (AvgIpc) is 2.16. The maximum atomic E-state index is 8.99. The summed E-state index contributed by atoms with van der Waals surface area (Å²) in [4.78, 5) is 0. The lowest BCUT2D eigenvalue weighted by atomic mass is 9.97. The number of rotatable bonds is 2. The van der Waals surface area contributed by atoms with Gasteiger partial charge in [0.25, 0.3) is 0 Å². The van der Waals surface area contributed by atoms with E-state index < -0.39 is 0 Å². The molecule has 0 bridgehead atoms. The molecule has 1 unspecified atom stereocenters. The van der Waals surface area contributed by atoms with Crippen molar-refractivity contribution in [2.45, 2.75) is 12.8 Å². The Labute approximate surface area is 83.4 Å². The number of halogens is 1. The molecule has 0 amide bonds. The van der Waals surface area contributed by atoms with Gasteiger partial charge >= 0.3 is 0 Å². The van der Waals surface area contributed by atoms with Gasteiger partial charge in [0.2, 0.25) is 0 Å². The fourth-order valence-corrected chi connectivity index (χ4v) is 1.44. The molecule has 1 aromatic carbocycles. The Balaban J connectivity index is 3.22. The normalized spacial score (nSPS) is 12.2. The lowest BCUT2D eigenvalue weighted by Gasteiger charge is -2.11. The van der Waals surface area contributed by atoms with Crippen molar-refractivity contribution in [3.8, 4) is 12.3 Å². The van der Waals surface area contributed by atoms with Gasteiger partial charge < -0.3 is 5.11 Å². The molecule has 0 aliphatic rings. The minimum absolute atomic E-state index is 0.0322. The van der Waals surface area contributed by atoms with Crippen LogP contribution in [0.15, 0.2) is 18.2 Å². The van der Waals surface area contributed by atoms with Gasteiger partial charge in [-0.1, -0.05) is 36.6 Å². The highest BCUT2D eigenvalue weighted by Crippen LogP contribution is 2.24. The molecule has 0 radical (unpaired) electrons. The highest BCUT2D eigenvalue weighted by atomic mass is 35.5. The van der Waals surface area contributed by atoms with E-state index in [0.29, 0.717) is 10.6 Å². The Kier molecular flexibility index (Phi) is 3.36. The van der Waals surface area contributed by atoms with Crippen LogP contribution >= 0.6 is 11.6 Å². The van der Waals surface area contributed by atoms with Gasteiger partial charge in [-0.25, -0.2) is 0 Å². The fourth-order valence-electron chi connectivity index (χ4n) is 1.20. The van der Waals surface area contributed by atoms with Crippen LogP contribution in [-0.4, -0.2) is 11.7 Å². The third-order valence-corrected chi connectivity index (χ3v) is 2.31. The third kappa shape index (κ3) is 2.03. The fraction of sp³-hybridized carbons (Fsp3) is 0.273. The summed E-state index contributed by atoms with van der Waals surface area (Å²) in [6.07, 6.45) is 5.33. The monoisotopic (exact) mass is 194 g/mol. The van der Waals surface area contributed by atoms with Crippen LogP contribution in [0.4, 0.5) is 0 Å². The maximum absolute atomic E-state index is 8.99. The van der Waals surface area contributed by atoms with Crippen molar-refractivity contribution in [1.82, 2.24) is 0 Å². The van der Waals surface area contributed by atoms with Crippen LogP contribution in [0.25, 0.3) is 0 Å². The maximum Gasteiger partial charge on any atom is 0.0565 e. The summed E-state index contributed by atoms with van der Waals surface area (Å²) in [5.41, 5.74) is 1.61. The molecule has 1 rings (SSSR count). The number of hydrogen-bond acceptors (Lipinski definition) is 1. The summed E-state index contributed by atoms with van der Waals surface area (Å²) >= 11 is 5.91. The number of benzene rings is 1. The third-order valence-electron chi connectivity index (χ3n) is 1.99. The predicted octanol–water partition coefficient (Wildman–Crippen LogP) is 2.42. The van der Waals surface area contributed by atoms with Gasteiger partial charge in [0, 0.05) is 18.1 Å². The zero-order valence-corrected chi connectivity index (χ0v) is 8.17. The molecule has 0 aliphatic carbocycles. The summed E-state index contributed by atoms with van der Waals surface area (Å²) in [6, 6.07) is 5.48. The average molecular weight is 195 g/mol. The zero-order valence-electron chi connectivity index (χ0n) is 7.42. The summed E-state index contributed by atoms with van der Waals surface area (Å²) in [6.45, 7) is 1.99. The first kappa shape index (κ1) is 10.1. The Morgan fingerprint density at radius 1 is 1.62 bits per heavy atom. The van der Waals surface area contributed by atoms with Crippen LogP contribution in [0, 0.1) is 12.3 Å². The number of terminal acetylenes is 1. The molecule has 0 saturated heterocycles. The molecule has 0 aromatic heterocycles. The van der Waals surface area contributed by atoms with Crippen molar-refractivity contribution in [1.29, 1.82) is 0 Å². The first-order valence-corrected chi connectivity index (χ1v) is 4.44. The molecular weight excluding hydrogens is 184 g/mol. The van der Waals surface area contributed by atoms with Gasteiger partial charge in [-0.3, -0.25) is 0 Å². The van der Waals surface area contributed by atoms with E-state index in [4.69, 9.17) is 23.1 Å². The van der Waals surface area contributed by atoms with Gasteiger partial charge in [0.1, 0.15) is 0 Å². The van der Waals surface area contributed by atoms with Crippen LogP contribution in [0.2, 0.25) is 5.02 Å². The van der Waals surface area contributed by atoms with Crippen molar-refractivity contribution < 1.29 is 5.11 Å². The van der Waals surface area contributed by atoms with Crippen LogP contribution in [0.5, 0.6) is 0 Å². The van der Waals surface area contributed by atoms with E-state index in [2.05, 4.69) is 5.92 Å². The molecule has 1 atom stereocenters. The lowest BCUT2D eigenvalue weighted by Crippen LogP contribution is -2.01. The molecule has 68 valence electrons. The van der Waals surface area contributed by atoms with Gasteiger partial charge in [-0.15, -0.1) is 6.42 Å². The highest BCUT2D eigenvalue weighted by Gasteiger charge is 2.10. The predicted molar refractivity (Wildman–Crippen MR) is 54.9 cm³/mol. The molecule has 1 aromatic rings. The summed E-state index contributed by atoms with van der Waals surface area (Å²) in [5.74, 6) is 2.57. The first-order chi connectivity index (χ1) is 6.20. The SMILES string of the molecule is C#Cc1c(Cl)cccc1C(C)CO. The molecule has 0 fully saturated rings. The van der Waals surface area contributed by atoms with E-state index in [-0.39, 0.29) is 12.5 Å². The molecule has 0 spiro atoms. The topological polar surface area (TPSA) is 20.2 Å². The minimum Gasteiger partial charge on any atom is -0.396 e. The summed E-state index contributed by atoms with van der Waals surface area (Å²) < 4.78 is 0. The van der Waals surface area contributed by atoms with Gasteiger partial charge in [-0.05, 0) is 11.6 Å². The second-order valence-corrected chi connectivity index (χ2v) is 3.34. The second kappa shape index (κ2) is 4.32. The Morgan fingerprint density at radius 3 is 2.85 bits per heavy atom. The molecule has 1 nitrogen and oxygen atoms in total. The molecule has 0 saturated carbocycles. The van der Waals surface area contributed by atoms with Crippen LogP contribution < -0.4 is 0 Å². The first-order valence-electron chi connectivity index (χ1n) is 4.06. The molecule has 13 heavy (non-hydrogen) atoms. The molecule has 1 N–H and O–H groups in total. The van der Waals surface area contributed by atoms with E-state index in [1.165, 1.54) is 0 Å². The molecule has 0 heterocycles. The van der Waals surface area contributed by atoms with E-state index in [9.17, 15) is 0 Å². The zero-order chi connectivity index (χ0) is 9.84. The largest absolute Gasteiger partial charge is 0.396 e. The van der Waals surface area contributed by atoms with E-state index >= 15 is 0 Å². The number of aliphatic hydroxyl groups excluding tert-OH is 1. The number of aliphatic hydroxyl groups is 1. The van der Waals surface area contributed by atoms with E-state index in [1.807, 2.05) is 19.1 Å². The number of hydrogen-bond donors (Lipinski definition) is 1. The second-order valence-electron chi connectivity index (χ2n) is 2.93. The van der Waals surface area contributed by atoms with Crippen molar-refractivity contribution in [3.63, 3.8) is 0 Å². The Hall–Kier alpha value is -0.970. The van der Waals surface area contributed by atoms with Crippen molar-refractivity contribution >= 4 is 11.6 Å². The quantitative estimate of drug-likeness (QED) is 0.717. The van der Waals surface area contributed by atoms with E-state index in [0.717, 1.165) is 5.56 Å². The minimum atomic E-state index is 0.0322. The molecule has 0 aliphatic heterocycles. The summed E-state index contributed by atoms with van der Waals surface area (Å²) in [5, 5.41) is 9.56. The standard InChI is InChI=1S/C11H11ClO/c1-3-9-10(8(2)7-13)5-4-6-11(9)12/h1,4-6,8,13H,7H2,2H3. The van der Waals surface area contributed by atoms with Crippen molar-refractivity contribution in [2.75, 3.05) is 6.61 Å². The summed E-state index contributed by atoms with van der Waals surface area (Å²) in [7, 11) is 0. The lowest BCUT2D eigenvalue weighted by molar-refractivity contribution is 0.273. The van der Waals surface area contributed by atoms with Gasteiger partial charge in [0.15, 0.2) is 0 Å². The van der Waals surface area contributed by atoms with Gasteiger partial charge in [0.05, 0.1) is 5.02 Å². The smallest absolute Gasteiger partial charge is 0.0565 e. The van der Waals surface area contributed by atoms with Crippen LogP contribution in [0.1, 0.15) is 24.0 Å². The van der Waals surface area contributed by atoms with Crippen LogP contribution in [0.3, 0.4) is 0 Å². The molecule has 2 heteroatoms. The van der Waals surface area contributed by atoms with Crippen molar-refractivity contribution in [3.05, 3.63) is 34.3 Å². The van der Waals surface area contributed by atoms with E-state index in [1.54, 1.807) is 6.07 Å². The van der Waals surface area contributed by atoms with Crippen molar-refractivity contribution in [2.24, 2.45) is 0 Å². The van der Waals surface area contributed by atoms with Crippen LogP contribution in [-0.2, 0) is 0 Å². The Morgan fingerprint density at radius 2 is 2.31 bits per heavy atom. The molecular formula is C11H11ClO. The van der Waals surface area contributed by atoms with Gasteiger partial charge in [-0.2, -0.15) is 0 Å². The Bertz CT molecular complexity index is 338. The highest BCUT2D eigenvalue weighted by molar-refractivity contribution is 6.31.